The van der Waals surface area contributed by atoms with Crippen LogP contribution >= 0.6 is 0 Å². The molecule has 0 saturated carbocycles. The third-order valence-corrected chi connectivity index (χ3v) is 17.0. The molecule has 0 aromatic heterocycles. The molecule has 0 aliphatic carbocycles. The summed E-state index contributed by atoms with van der Waals surface area (Å²) in [6.07, 6.45) is -54.7. The minimum Gasteiger partial charge on any atom is -0.394 e. The fourth-order valence-corrected chi connectivity index (χ4v) is 11.8. The van der Waals surface area contributed by atoms with E-state index in [-0.39, 0.29) is 24.6 Å². The molecule has 12 bridgehead atoms. The fourth-order valence-electron chi connectivity index (χ4n) is 11.8. The Morgan fingerprint density at radius 1 is 0.362 bits per heavy atom. The molecule has 2 aromatic rings. The van der Waals surface area contributed by atoms with E-state index in [4.69, 9.17) is 72.0 Å². The van der Waals surface area contributed by atoms with Crippen molar-refractivity contribution in [3.05, 3.63) is 70.8 Å². The van der Waals surface area contributed by atoms with Crippen LogP contribution in [0.15, 0.2) is 48.5 Å². The minimum absolute atomic E-state index is 0.0369. The number of nitrogens with two attached hydrogens (primary N) is 1. The van der Waals surface area contributed by atoms with Gasteiger partial charge in [-0.15, -0.1) is 0 Å². The molecule has 22 aliphatic heterocycles. The Morgan fingerprint density at radius 2 is 0.638 bits per heavy atom. The minimum atomic E-state index is -2.24. The van der Waals surface area contributed by atoms with E-state index < -0.39 is 230 Å². The first kappa shape index (κ1) is 74.1. The van der Waals surface area contributed by atoms with E-state index >= 15 is 0 Å². The number of hydrogen-bond acceptors (Lipinski definition) is 34. The van der Waals surface area contributed by atoms with Crippen LogP contribution in [0.3, 0.4) is 0 Å². The Balaban J connectivity index is 0.968. The van der Waals surface area contributed by atoms with Crippen LogP contribution in [0.25, 0.3) is 12.2 Å². The van der Waals surface area contributed by atoms with Crippen molar-refractivity contribution in [3.63, 3.8) is 0 Å². The molecule has 24 rings (SSSR count). The first-order chi connectivity index (χ1) is 45.2. The molecule has 530 valence electrons. The van der Waals surface area contributed by atoms with Gasteiger partial charge in [0.2, 0.25) is 0 Å². The number of rotatable bonds is 19. The van der Waals surface area contributed by atoms with Gasteiger partial charge in [0.05, 0.1) is 72.1 Å². The van der Waals surface area contributed by atoms with Crippen molar-refractivity contribution >= 4 is 24.0 Å². The molecule has 0 spiro atoms. The third-order valence-electron chi connectivity index (χ3n) is 17.0. The summed E-state index contributed by atoms with van der Waals surface area (Å²) in [5.41, 5.74) is 7.06. The predicted octanol–water partition coefficient (Wildman–Crippen LogP) is -10.7. The van der Waals surface area contributed by atoms with Crippen LogP contribution in [-0.2, 0) is 66.3 Å². The largest absolute Gasteiger partial charge is 0.394 e. The predicted molar refractivity (Wildman–Crippen MR) is 306 cm³/mol. The van der Waals surface area contributed by atoms with Crippen molar-refractivity contribution in [2.75, 3.05) is 79.2 Å². The van der Waals surface area contributed by atoms with Gasteiger partial charge in [0.1, 0.15) is 140 Å². The van der Waals surface area contributed by atoms with Gasteiger partial charge in [-0.05, 0) is 35.4 Å². The number of ether oxygens (including phenoxy) is 14. The number of nitrogens with one attached hydrogen (secondary N) is 2. The molecule has 2 aromatic carbocycles. The molecule has 94 heavy (non-hydrogen) atoms. The van der Waals surface area contributed by atoms with Crippen LogP contribution in [0.5, 0.6) is 0 Å². The zero-order valence-corrected chi connectivity index (χ0v) is 50.3. The molecule has 0 unspecified atom stereocenters. The second-order valence-corrected chi connectivity index (χ2v) is 23.2. The van der Waals surface area contributed by atoms with E-state index in [2.05, 4.69) is 10.6 Å². The summed E-state index contributed by atoms with van der Waals surface area (Å²) in [5, 5.41) is 196. The highest BCUT2D eigenvalue weighted by Gasteiger charge is 2.59. The van der Waals surface area contributed by atoms with Gasteiger partial charge in [0.15, 0.2) is 37.7 Å². The lowest BCUT2D eigenvalue weighted by Gasteiger charge is -2.51. The summed E-state index contributed by atoms with van der Waals surface area (Å²) in [5.74, 6) is -1.23. The Kier molecular flexibility index (Phi) is 26.8. The summed E-state index contributed by atoms with van der Waals surface area (Å²) in [6.45, 7) is -4.17. The number of hydrogen-bond donors (Lipinski definition) is 20. The number of carbonyl (C=O) groups excluding carboxylic acids is 2. The molecule has 36 nitrogen and oxygen atoms in total. The lowest BCUT2D eigenvalue weighted by molar-refractivity contribution is -0.401. The van der Waals surface area contributed by atoms with Crippen LogP contribution in [0.1, 0.15) is 31.8 Å². The molecule has 22 fully saturated rings. The maximum absolute atomic E-state index is 14.4. The maximum Gasteiger partial charge on any atom is 0.251 e. The first-order valence-corrected chi connectivity index (χ1v) is 30.5. The molecule has 36 heteroatoms. The Hall–Kier alpha value is -4.16. The molecule has 22 saturated heterocycles. The number of aliphatic hydroxyl groups excluding tert-OH is 17. The summed E-state index contributed by atoms with van der Waals surface area (Å²) in [4.78, 5) is 27.1. The molecule has 22 aliphatic rings. The average Bonchev–Trinajstić information content (AvgIpc) is 0.783. The van der Waals surface area contributed by atoms with Crippen molar-refractivity contribution in [1.29, 1.82) is 0 Å². The average molecular weight is 1350 g/mol. The van der Waals surface area contributed by atoms with Crippen LogP contribution in [0.4, 0.5) is 0 Å². The fraction of sp³-hybridized carbons (Fsp3) is 0.724. The van der Waals surface area contributed by atoms with E-state index in [1.165, 1.54) is 12.1 Å². The topological polar surface area (TPSA) is 557 Å². The van der Waals surface area contributed by atoms with E-state index in [1.807, 2.05) is 0 Å². The van der Waals surface area contributed by atoms with E-state index in [1.54, 1.807) is 48.6 Å². The number of amides is 2. The van der Waals surface area contributed by atoms with Crippen LogP contribution in [-0.4, -0.2) is 362 Å². The molecular weight excluding hydrogens is 1270 g/mol. The number of benzene rings is 2. The summed E-state index contributed by atoms with van der Waals surface area (Å²) in [7, 11) is 0. The third kappa shape index (κ3) is 16.8. The van der Waals surface area contributed by atoms with Crippen molar-refractivity contribution < 1.29 is 163 Å². The summed E-state index contributed by atoms with van der Waals surface area (Å²) >= 11 is 0. The van der Waals surface area contributed by atoms with Crippen molar-refractivity contribution in [1.82, 2.24) is 10.6 Å². The zero-order chi connectivity index (χ0) is 67.7. The second-order valence-electron chi connectivity index (χ2n) is 23.2. The van der Waals surface area contributed by atoms with Gasteiger partial charge in [0, 0.05) is 24.2 Å². The lowest BCUT2D eigenvalue weighted by atomic mass is 9.93. The lowest BCUT2D eigenvalue weighted by Crippen LogP contribution is -2.70. The van der Waals surface area contributed by atoms with Gasteiger partial charge < -0.3 is 169 Å². The highest BCUT2D eigenvalue weighted by Crippen LogP contribution is 2.38. The molecule has 30 atom stereocenters. The van der Waals surface area contributed by atoms with Gasteiger partial charge >= 0.3 is 0 Å². The first-order valence-electron chi connectivity index (χ1n) is 30.5. The van der Waals surface area contributed by atoms with Gasteiger partial charge in [-0.3, -0.25) is 9.59 Å². The van der Waals surface area contributed by atoms with Crippen molar-refractivity contribution in [2.45, 2.75) is 184 Å². The highest BCUT2D eigenvalue weighted by atomic mass is 16.8. The number of aliphatic hydroxyl groups is 17. The standard InChI is InChI=1S/C58H85N3O33/c59-11-13-81-15-16-82-14-12-60-51(79)25-7-3-23(4-8-25)1-2-24-5-9-26(10-6-24)52(80)61-33-34(68)53-83-27(17-62)45(33)89-54-40(74)35(69)47(29(19-64)84-54)91-56-42(76)37(71)49(31(21-66)86-56)93-58-44(78)39(73)50(32(22-67)88-58)94-57-43(77)38(72)48(30(20-65)87-57)92-55-41(75)36(70)46(90-53)28(18-63)85-55/h1-10,27-50,53-58,62-78H,11-22,59H2,(H,60,79)(H,61,80)/b2-1+/t27-,28-,29-,30-,31-,32-,33-,34-,35-,36-,37-,38-,39-,40-,41-,42-,43-,44-,45-,46-,47-,48-,49-,50-,53-,54-,55-,56-,57-,58-/m1/s1. The quantitative estimate of drug-likeness (QED) is 0.0459. The molecule has 22 heterocycles. The van der Waals surface area contributed by atoms with E-state index in [0.717, 1.165) is 0 Å². The Bertz CT molecular complexity index is 2680. The maximum atomic E-state index is 14.4. The van der Waals surface area contributed by atoms with Crippen LogP contribution in [0, 0.1) is 0 Å². The normalized spacial score (nSPS) is 42.3. The van der Waals surface area contributed by atoms with Gasteiger partial charge in [-0.25, -0.2) is 0 Å². The molecule has 0 radical (unpaired) electrons. The van der Waals surface area contributed by atoms with Crippen LogP contribution in [0.2, 0.25) is 0 Å². The Labute approximate surface area is 535 Å². The van der Waals surface area contributed by atoms with Crippen LogP contribution < -0.4 is 16.4 Å². The Morgan fingerprint density at radius 3 is 0.947 bits per heavy atom. The monoisotopic (exact) mass is 1350 g/mol. The van der Waals surface area contributed by atoms with E-state index in [0.29, 0.717) is 43.1 Å². The smallest absolute Gasteiger partial charge is 0.251 e. The van der Waals surface area contributed by atoms with Gasteiger partial charge in [-0.1, -0.05) is 36.4 Å². The highest BCUT2D eigenvalue weighted by molar-refractivity contribution is 5.95. The second kappa shape index (κ2) is 34.1. The summed E-state index contributed by atoms with van der Waals surface area (Å²) in [6, 6.07) is 10.8. The molecular formula is C58H85N3O33. The van der Waals surface area contributed by atoms with Crippen molar-refractivity contribution in [3.8, 4) is 0 Å². The van der Waals surface area contributed by atoms with E-state index in [9.17, 15) is 96.4 Å². The number of carbonyl (C=O) groups is 2. The zero-order valence-electron chi connectivity index (χ0n) is 50.3. The van der Waals surface area contributed by atoms with Crippen molar-refractivity contribution in [2.24, 2.45) is 5.73 Å². The summed E-state index contributed by atoms with van der Waals surface area (Å²) < 4.78 is 80.9. The van der Waals surface area contributed by atoms with Gasteiger partial charge in [-0.2, -0.15) is 0 Å². The molecule has 2 amide bonds. The SMILES string of the molecule is NCCOCCOCCNC(=O)c1ccc(/C=C/c2ccc(C(=O)N[C@@H]3[C@@H](O)[C@H]4O[C@H]5[C@H](O)[C@@H](O)[C@@H](O[C@H]6[C@H](O)[C@@H](O)[C@@H](O[C@H]7[C@H](O)[C@@H](O)[C@@H](O[C@H]8[C@H](O)[C@@H](O)[C@@H](O[C@H]9[C@H](O)[C@@H](O)[C@@H](O[C@@H]3[C@@H](CO)O4)O[C@@H]9CO)O[C@@H]8CO)O[C@@H]7CO)O[C@@H]6CO)O[C@@H]5CO)cc2)cc1. The molecule has 21 N–H and O–H groups in total. The van der Waals surface area contributed by atoms with Gasteiger partial charge in [0.25, 0.3) is 11.8 Å².